The normalized spacial score (nSPS) is 27.9. The molecule has 4 rings (SSSR count). The highest BCUT2D eigenvalue weighted by molar-refractivity contribution is 5.87. The molecule has 1 aliphatic heterocycles. The van der Waals surface area contributed by atoms with Gasteiger partial charge in [0, 0.05) is 18.4 Å². The van der Waals surface area contributed by atoms with E-state index < -0.39 is 0 Å². The summed E-state index contributed by atoms with van der Waals surface area (Å²) in [5.74, 6) is -1.00. The molecule has 0 bridgehead atoms. The number of nitrogens with two attached hydrogens (primary N) is 1. The number of primary amides is 1. The molecule has 4 unspecified atom stereocenters. The fourth-order valence-electron chi connectivity index (χ4n) is 4.89. The number of carbonyl (C=O) groups is 2. The molecule has 158 valence electrons. The van der Waals surface area contributed by atoms with Crippen LogP contribution in [0.15, 0.2) is 60.7 Å². The van der Waals surface area contributed by atoms with Crippen molar-refractivity contribution in [3.63, 3.8) is 0 Å². The lowest BCUT2D eigenvalue weighted by molar-refractivity contribution is -0.134. The van der Waals surface area contributed by atoms with Crippen LogP contribution in [0.5, 0.6) is 0 Å². The number of carbonyl (C=O) groups excluding carboxylic acids is 2. The van der Waals surface area contributed by atoms with E-state index in [1.165, 1.54) is 11.1 Å². The lowest BCUT2D eigenvalue weighted by atomic mass is 9.78. The van der Waals surface area contributed by atoms with Gasteiger partial charge in [-0.05, 0) is 36.8 Å². The van der Waals surface area contributed by atoms with E-state index in [1.807, 2.05) is 36.4 Å². The molecule has 30 heavy (non-hydrogen) atoms. The Balaban J connectivity index is 1.36. The molecular formula is C25H30N2O3. The first-order valence-electron chi connectivity index (χ1n) is 11.0. The van der Waals surface area contributed by atoms with Crippen LogP contribution < -0.4 is 11.1 Å². The van der Waals surface area contributed by atoms with Gasteiger partial charge in [0.05, 0.1) is 0 Å². The standard InChI is InChI=1S/C25H30N2O3/c26-23(28)20-14-7-8-15-21(20)24(29)27-17-9-16-25(19-12-5-2-6-13-19)22(30-25)18-10-3-1-4-11-18/h1-6,10-13,20-22H,7-9,14-17H2,(H2,26,28)(H,27,29). The smallest absolute Gasteiger partial charge is 0.223 e. The predicted molar refractivity (Wildman–Crippen MR) is 115 cm³/mol. The molecule has 2 aromatic carbocycles. The summed E-state index contributed by atoms with van der Waals surface area (Å²) in [4.78, 5) is 24.4. The Labute approximate surface area is 178 Å². The van der Waals surface area contributed by atoms with E-state index >= 15 is 0 Å². The number of benzene rings is 2. The third-order valence-corrected chi connectivity index (χ3v) is 6.55. The molecule has 0 aromatic heterocycles. The molecule has 2 fully saturated rings. The van der Waals surface area contributed by atoms with E-state index in [2.05, 4.69) is 29.6 Å². The highest BCUT2D eigenvalue weighted by Gasteiger charge is 2.57. The van der Waals surface area contributed by atoms with Gasteiger partial charge in [0.2, 0.25) is 11.8 Å². The van der Waals surface area contributed by atoms with Gasteiger partial charge in [-0.3, -0.25) is 9.59 Å². The van der Waals surface area contributed by atoms with Gasteiger partial charge in [0.15, 0.2) is 0 Å². The third-order valence-electron chi connectivity index (χ3n) is 6.55. The Morgan fingerprint density at radius 1 is 0.967 bits per heavy atom. The molecule has 4 atom stereocenters. The summed E-state index contributed by atoms with van der Waals surface area (Å²) in [5, 5.41) is 3.04. The zero-order valence-corrected chi connectivity index (χ0v) is 17.3. The molecule has 0 radical (unpaired) electrons. The first kappa shape index (κ1) is 20.6. The largest absolute Gasteiger partial charge is 0.369 e. The van der Waals surface area contributed by atoms with Crippen LogP contribution in [0.2, 0.25) is 0 Å². The summed E-state index contributed by atoms with van der Waals surface area (Å²) in [6.45, 7) is 0.570. The SMILES string of the molecule is NC(=O)C1CCCCC1C(=O)NCCCC1(c2ccccc2)OC1c1ccccc1. The van der Waals surface area contributed by atoms with Crippen LogP contribution in [0.3, 0.4) is 0 Å². The Kier molecular flexibility index (Phi) is 6.18. The summed E-state index contributed by atoms with van der Waals surface area (Å²) in [6, 6.07) is 20.6. The van der Waals surface area contributed by atoms with E-state index in [-0.39, 0.29) is 35.4 Å². The molecular weight excluding hydrogens is 376 g/mol. The number of rotatable bonds is 8. The van der Waals surface area contributed by atoms with Crippen molar-refractivity contribution >= 4 is 11.8 Å². The Morgan fingerprint density at radius 2 is 1.60 bits per heavy atom. The van der Waals surface area contributed by atoms with Gasteiger partial charge >= 0.3 is 0 Å². The van der Waals surface area contributed by atoms with Gasteiger partial charge < -0.3 is 15.8 Å². The number of hydrogen-bond acceptors (Lipinski definition) is 3. The molecule has 0 spiro atoms. The summed E-state index contributed by atoms with van der Waals surface area (Å²) in [5.41, 5.74) is 7.53. The number of amides is 2. The summed E-state index contributed by atoms with van der Waals surface area (Å²) in [7, 11) is 0. The zero-order valence-electron chi connectivity index (χ0n) is 17.3. The van der Waals surface area contributed by atoms with Crippen molar-refractivity contribution in [2.75, 3.05) is 6.54 Å². The number of nitrogens with one attached hydrogen (secondary N) is 1. The van der Waals surface area contributed by atoms with Crippen molar-refractivity contribution in [2.45, 2.75) is 50.2 Å². The minimum Gasteiger partial charge on any atom is -0.369 e. The Morgan fingerprint density at radius 3 is 2.27 bits per heavy atom. The third kappa shape index (κ3) is 4.26. The summed E-state index contributed by atoms with van der Waals surface area (Å²) < 4.78 is 6.27. The average Bonchev–Trinajstić information content (AvgIpc) is 3.53. The molecule has 2 aliphatic rings. The van der Waals surface area contributed by atoms with Crippen molar-refractivity contribution < 1.29 is 14.3 Å². The van der Waals surface area contributed by atoms with Gasteiger partial charge in [0.1, 0.15) is 11.7 Å². The van der Waals surface area contributed by atoms with Crippen LogP contribution in [0.1, 0.15) is 55.8 Å². The fourth-order valence-corrected chi connectivity index (χ4v) is 4.89. The highest BCUT2D eigenvalue weighted by Crippen LogP contribution is 2.59. The van der Waals surface area contributed by atoms with Gasteiger partial charge in [-0.2, -0.15) is 0 Å². The molecule has 1 heterocycles. The molecule has 1 saturated heterocycles. The van der Waals surface area contributed by atoms with E-state index in [0.29, 0.717) is 6.54 Å². The first-order chi connectivity index (χ1) is 14.6. The fraction of sp³-hybridized carbons (Fsp3) is 0.440. The van der Waals surface area contributed by atoms with Crippen molar-refractivity contribution in [3.05, 3.63) is 71.8 Å². The van der Waals surface area contributed by atoms with Gasteiger partial charge in [-0.15, -0.1) is 0 Å². The molecule has 2 aromatic rings. The van der Waals surface area contributed by atoms with Crippen LogP contribution in [0.4, 0.5) is 0 Å². The summed E-state index contributed by atoms with van der Waals surface area (Å²) >= 11 is 0. The van der Waals surface area contributed by atoms with Crippen LogP contribution >= 0.6 is 0 Å². The highest BCUT2D eigenvalue weighted by atomic mass is 16.6. The number of epoxide rings is 1. The van der Waals surface area contributed by atoms with E-state index in [4.69, 9.17) is 10.5 Å². The van der Waals surface area contributed by atoms with E-state index in [0.717, 1.165) is 38.5 Å². The lowest BCUT2D eigenvalue weighted by Gasteiger charge is -2.28. The lowest BCUT2D eigenvalue weighted by Crippen LogP contribution is -2.42. The minimum absolute atomic E-state index is 0.0365. The topological polar surface area (TPSA) is 84.7 Å². The van der Waals surface area contributed by atoms with E-state index in [9.17, 15) is 9.59 Å². The molecule has 3 N–H and O–H groups in total. The average molecular weight is 407 g/mol. The van der Waals surface area contributed by atoms with Gasteiger partial charge in [-0.1, -0.05) is 73.5 Å². The maximum atomic E-state index is 12.7. The predicted octanol–water partition coefficient (Wildman–Crippen LogP) is 3.84. The van der Waals surface area contributed by atoms with Gasteiger partial charge in [0.25, 0.3) is 0 Å². The monoisotopic (exact) mass is 406 g/mol. The number of hydrogen-bond donors (Lipinski definition) is 2. The summed E-state index contributed by atoms with van der Waals surface area (Å²) in [6.07, 6.45) is 5.07. The van der Waals surface area contributed by atoms with Crippen LogP contribution in [-0.4, -0.2) is 18.4 Å². The van der Waals surface area contributed by atoms with Crippen LogP contribution in [0.25, 0.3) is 0 Å². The second-order valence-corrected chi connectivity index (χ2v) is 8.46. The Bertz CT molecular complexity index is 870. The molecule has 5 nitrogen and oxygen atoms in total. The second-order valence-electron chi connectivity index (χ2n) is 8.46. The maximum absolute atomic E-state index is 12.7. The molecule has 1 aliphatic carbocycles. The maximum Gasteiger partial charge on any atom is 0.223 e. The zero-order chi connectivity index (χ0) is 21.0. The van der Waals surface area contributed by atoms with Crippen molar-refractivity contribution in [2.24, 2.45) is 17.6 Å². The molecule has 2 amide bonds. The van der Waals surface area contributed by atoms with E-state index in [1.54, 1.807) is 0 Å². The van der Waals surface area contributed by atoms with Crippen molar-refractivity contribution in [3.8, 4) is 0 Å². The molecule has 5 heteroatoms. The van der Waals surface area contributed by atoms with Crippen LogP contribution in [0, 0.1) is 11.8 Å². The van der Waals surface area contributed by atoms with Crippen molar-refractivity contribution in [1.82, 2.24) is 5.32 Å². The minimum atomic E-state index is -0.352. The van der Waals surface area contributed by atoms with Gasteiger partial charge in [-0.25, -0.2) is 0 Å². The number of ether oxygens (including phenoxy) is 1. The van der Waals surface area contributed by atoms with Crippen molar-refractivity contribution in [1.29, 1.82) is 0 Å². The first-order valence-corrected chi connectivity index (χ1v) is 11.0. The second kappa shape index (κ2) is 9.00. The Hall–Kier alpha value is -2.66. The quantitative estimate of drug-likeness (QED) is 0.516. The molecule has 1 saturated carbocycles. The van der Waals surface area contributed by atoms with Crippen LogP contribution in [-0.2, 0) is 19.9 Å².